The quantitative estimate of drug-likeness (QED) is 0.832. The number of carbonyl (C=O) groups is 1. The molecular weight excluding hydrogens is 268 g/mol. The molecule has 0 saturated carbocycles. The van der Waals surface area contributed by atoms with Gasteiger partial charge in [0.1, 0.15) is 6.04 Å². The molecule has 6 nitrogen and oxygen atoms in total. The fraction of sp³-hybridized carbons (Fsp3) is 0.917. The van der Waals surface area contributed by atoms with Crippen molar-refractivity contribution in [2.45, 2.75) is 39.2 Å². The zero-order valence-electron chi connectivity index (χ0n) is 11.4. The van der Waals surface area contributed by atoms with Gasteiger partial charge in [-0.15, -0.1) is 0 Å². The van der Waals surface area contributed by atoms with Gasteiger partial charge in [0.15, 0.2) is 0 Å². The van der Waals surface area contributed by atoms with Gasteiger partial charge >= 0.3 is 5.97 Å². The molecule has 0 aromatic rings. The summed E-state index contributed by atoms with van der Waals surface area (Å²) in [5.74, 6) is -0.395. The van der Waals surface area contributed by atoms with Gasteiger partial charge in [0, 0.05) is 19.6 Å². The van der Waals surface area contributed by atoms with Crippen LogP contribution < -0.4 is 0 Å². The summed E-state index contributed by atoms with van der Waals surface area (Å²) in [4.78, 5) is 11.1. The second kappa shape index (κ2) is 5.38. The van der Waals surface area contributed by atoms with Crippen molar-refractivity contribution in [2.75, 3.05) is 19.6 Å². The number of piperidine rings is 1. The van der Waals surface area contributed by atoms with Crippen molar-refractivity contribution in [1.29, 1.82) is 0 Å². The van der Waals surface area contributed by atoms with E-state index >= 15 is 0 Å². The van der Waals surface area contributed by atoms with E-state index in [1.54, 1.807) is 0 Å². The molecule has 2 heterocycles. The predicted molar refractivity (Wildman–Crippen MR) is 70.8 cm³/mol. The van der Waals surface area contributed by atoms with Gasteiger partial charge in [-0.05, 0) is 31.1 Å². The van der Waals surface area contributed by atoms with Crippen LogP contribution in [0.1, 0.15) is 33.1 Å². The van der Waals surface area contributed by atoms with Gasteiger partial charge in [-0.2, -0.15) is 17.0 Å². The molecule has 0 aromatic heterocycles. The highest BCUT2D eigenvalue weighted by Crippen LogP contribution is 2.28. The monoisotopic (exact) mass is 290 g/mol. The fourth-order valence-corrected chi connectivity index (χ4v) is 5.26. The third-order valence-corrected chi connectivity index (χ3v) is 5.93. The summed E-state index contributed by atoms with van der Waals surface area (Å²) in [6, 6.07) is -0.891. The Kier molecular flexibility index (Phi) is 4.17. The van der Waals surface area contributed by atoms with Gasteiger partial charge in [-0.1, -0.05) is 13.8 Å². The molecule has 19 heavy (non-hydrogen) atoms. The standard InChI is InChI=1S/C12H22N2O4S/c1-9-6-10(2)8-13(7-9)19(17,18)14-5-3-4-11(14)12(15)16/h9-11H,3-8H2,1-2H3,(H,15,16)/t9?,10?,11-/m1/s1. The van der Waals surface area contributed by atoms with Crippen LogP contribution in [0.15, 0.2) is 0 Å². The van der Waals surface area contributed by atoms with Crippen molar-refractivity contribution in [2.24, 2.45) is 11.8 Å². The van der Waals surface area contributed by atoms with Crippen molar-refractivity contribution >= 4 is 16.2 Å². The molecule has 0 amide bonds. The molecule has 0 radical (unpaired) electrons. The van der Waals surface area contributed by atoms with E-state index < -0.39 is 22.2 Å². The highest BCUT2D eigenvalue weighted by atomic mass is 32.2. The first-order chi connectivity index (χ1) is 8.82. The van der Waals surface area contributed by atoms with E-state index in [9.17, 15) is 13.2 Å². The van der Waals surface area contributed by atoms with E-state index in [0.717, 1.165) is 6.42 Å². The molecule has 0 bridgehead atoms. The Morgan fingerprint density at radius 3 is 2.32 bits per heavy atom. The minimum absolute atomic E-state index is 0.318. The summed E-state index contributed by atoms with van der Waals surface area (Å²) in [5.41, 5.74) is 0. The van der Waals surface area contributed by atoms with Crippen LogP contribution in [-0.2, 0) is 15.0 Å². The zero-order chi connectivity index (χ0) is 14.2. The van der Waals surface area contributed by atoms with E-state index in [1.807, 2.05) is 13.8 Å². The van der Waals surface area contributed by atoms with Gasteiger partial charge < -0.3 is 5.11 Å². The van der Waals surface area contributed by atoms with Gasteiger partial charge in [-0.3, -0.25) is 4.79 Å². The molecule has 7 heteroatoms. The summed E-state index contributed by atoms with van der Waals surface area (Å²) in [6.45, 7) is 5.39. The predicted octanol–water partition coefficient (Wildman–Crippen LogP) is 0.758. The molecule has 2 aliphatic rings. The lowest BCUT2D eigenvalue weighted by molar-refractivity contribution is -0.140. The van der Waals surface area contributed by atoms with Crippen molar-refractivity contribution < 1.29 is 18.3 Å². The smallest absolute Gasteiger partial charge is 0.322 e. The highest BCUT2D eigenvalue weighted by Gasteiger charge is 2.43. The van der Waals surface area contributed by atoms with Gasteiger partial charge in [-0.25, -0.2) is 0 Å². The lowest BCUT2D eigenvalue weighted by atomic mass is 9.94. The molecule has 2 rings (SSSR count). The summed E-state index contributed by atoms with van der Waals surface area (Å²) in [7, 11) is -3.64. The van der Waals surface area contributed by atoms with E-state index in [-0.39, 0.29) is 0 Å². The Bertz CT molecular complexity index is 441. The summed E-state index contributed by atoms with van der Waals surface area (Å²) < 4.78 is 27.8. The van der Waals surface area contributed by atoms with Crippen LogP contribution >= 0.6 is 0 Å². The minimum atomic E-state index is -3.64. The average Bonchev–Trinajstić information content (AvgIpc) is 2.76. The molecular formula is C12H22N2O4S. The van der Waals surface area contributed by atoms with Gasteiger partial charge in [0.05, 0.1) is 0 Å². The van der Waals surface area contributed by atoms with Gasteiger partial charge in [0.2, 0.25) is 0 Å². The summed E-state index contributed by atoms with van der Waals surface area (Å²) in [5, 5.41) is 9.12. The number of rotatable bonds is 3. The van der Waals surface area contributed by atoms with E-state index in [1.165, 1.54) is 8.61 Å². The van der Waals surface area contributed by atoms with Crippen molar-refractivity contribution in [3.63, 3.8) is 0 Å². The first kappa shape index (κ1) is 14.7. The fourth-order valence-electron chi connectivity index (χ4n) is 3.21. The third-order valence-electron chi connectivity index (χ3n) is 3.95. The Morgan fingerprint density at radius 2 is 1.79 bits per heavy atom. The van der Waals surface area contributed by atoms with Crippen LogP contribution in [0, 0.1) is 11.8 Å². The van der Waals surface area contributed by atoms with Crippen molar-refractivity contribution in [3.8, 4) is 0 Å². The second-order valence-corrected chi connectivity index (χ2v) is 7.76. The van der Waals surface area contributed by atoms with Crippen LogP contribution in [0.25, 0.3) is 0 Å². The van der Waals surface area contributed by atoms with E-state index in [4.69, 9.17) is 5.11 Å². The Balaban J connectivity index is 2.19. The molecule has 2 saturated heterocycles. The van der Waals surface area contributed by atoms with Crippen LogP contribution in [0.5, 0.6) is 0 Å². The molecule has 1 N–H and O–H groups in total. The molecule has 0 aromatic carbocycles. The molecule has 0 aliphatic carbocycles. The number of carboxylic acid groups (broad SMARTS) is 1. The largest absolute Gasteiger partial charge is 0.480 e. The normalized spacial score (nSPS) is 34.5. The summed E-state index contributed by atoms with van der Waals surface area (Å²) in [6.07, 6.45) is 2.05. The number of aliphatic carboxylic acids is 1. The van der Waals surface area contributed by atoms with E-state index in [2.05, 4.69) is 0 Å². The molecule has 2 fully saturated rings. The maximum absolute atomic E-state index is 12.6. The Labute approximate surface area is 114 Å². The molecule has 2 aliphatic heterocycles. The SMILES string of the molecule is CC1CC(C)CN(S(=O)(=O)N2CCC[C@@H]2C(=O)O)C1. The van der Waals surface area contributed by atoms with Crippen LogP contribution in [-0.4, -0.2) is 53.8 Å². The first-order valence-electron chi connectivity index (χ1n) is 6.82. The number of nitrogens with zero attached hydrogens (tertiary/aromatic N) is 2. The number of hydrogen-bond donors (Lipinski definition) is 1. The topological polar surface area (TPSA) is 77.9 Å². The third kappa shape index (κ3) is 2.93. The first-order valence-corrected chi connectivity index (χ1v) is 8.21. The zero-order valence-corrected chi connectivity index (χ0v) is 12.3. The maximum Gasteiger partial charge on any atom is 0.322 e. The van der Waals surface area contributed by atoms with Crippen molar-refractivity contribution in [3.05, 3.63) is 0 Å². The van der Waals surface area contributed by atoms with Crippen LogP contribution in [0.2, 0.25) is 0 Å². The molecule has 3 atom stereocenters. The Hall–Kier alpha value is -0.660. The van der Waals surface area contributed by atoms with Crippen LogP contribution in [0.4, 0.5) is 0 Å². The average molecular weight is 290 g/mol. The highest BCUT2D eigenvalue weighted by molar-refractivity contribution is 7.86. The molecule has 2 unspecified atom stereocenters. The lowest BCUT2D eigenvalue weighted by Crippen LogP contribution is -2.52. The Morgan fingerprint density at radius 1 is 1.21 bits per heavy atom. The molecule has 0 spiro atoms. The second-order valence-electron chi connectivity index (χ2n) is 5.88. The number of hydrogen-bond acceptors (Lipinski definition) is 3. The number of carboxylic acids is 1. The minimum Gasteiger partial charge on any atom is -0.480 e. The summed E-state index contributed by atoms with van der Waals surface area (Å²) >= 11 is 0. The van der Waals surface area contributed by atoms with Gasteiger partial charge in [0.25, 0.3) is 10.2 Å². The van der Waals surface area contributed by atoms with E-state index in [0.29, 0.717) is 44.3 Å². The maximum atomic E-state index is 12.6. The lowest BCUT2D eigenvalue weighted by Gasteiger charge is -2.37. The van der Waals surface area contributed by atoms with Crippen LogP contribution in [0.3, 0.4) is 0 Å². The molecule has 110 valence electrons. The van der Waals surface area contributed by atoms with Crippen molar-refractivity contribution in [1.82, 2.24) is 8.61 Å².